The van der Waals surface area contributed by atoms with Crippen LogP contribution >= 0.6 is 0 Å². The van der Waals surface area contributed by atoms with Crippen LogP contribution in [-0.4, -0.2) is 68.4 Å². The summed E-state index contributed by atoms with van der Waals surface area (Å²) >= 11 is 0. The molecule has 2 saturated carbocycles. The summed E-state index contributed by atoms with van der Waals surface area (Å²) in [5.41, 5.74) is 3.64. The molecule has 0 spiro atoms. The van der Waals surface area contributed by atoms with E-state index in [0.29, 0.717) is 42.2 Å². The molecular formula is C49H60FN3O9. The van der Waals surface area contributed by atoms with Crippen molar-refractivity contribution in [2.45, 2.75) is 114 Å². The van der Waals surface area contributed by atoms with Crippen LogP contribution in [-0.2, 0) is 27.5 Å². The summed E-state index contributed by atoms with van der Waals surface area (Å²) in [6.45, 7) is 4.40. The van der Waals surface area contributed by atoms with Crippen LogP contribution in [0.5, 0.6) is 11.5 Å². The number of ether oxygens (including phenoxy) is 2. The number of nitrogens with zero attached hydrogens (tertiary/aromatic N) is 3. The highest BCUT2D eigenvalue weighted by molar-refractivity contribution is 6.03. The van der Waals surface area contributed by atoms with Crippen molar-refractivity contribution >= 4 is 17.3 Å². The number of aromatic hydroxyl groups is 1. The fraction of sp³-hybridized carbons (Fsp3) is 0.510. The third kappa shape index (κ3) is 10.1. The number of allylic oxidation sites excluding steroid dienone is 1. The number of phenolic OH excluding ortho intramolecular Hbond substituents is 1. The Balaban J connectivity index is 1.41. The number of nitro benzene ring substituents is 1. The molecule has 3 aliphatic carbocycles. The van der Waals surface area contributed by atoms with Crippen LogP contribution in [0, 0.1) is 39.6 Å². The first-order valence-electron chi connectivity index (χ1n) is 22.3. The van der Waals surface area contributed by atoms with Crippen molar-refractivity contribution in [1.29, 1.82) is 0 Å². The molecule has 6 atom stereocenters. The van der Waals surface area contributed by atoms with E-state index in [0.717, 1.165) is 74.5 Å². The monoisotopic (exact) mass is 853 g/mol. The van der Waals surface area contributed by atoms with Gasteiger partial charge in [-0.05, 0) is 109 Å². The van der Waals surface area contributed by atoms with Gasteiger partial charge in [0.25, 0.3) is 5.69 Å². The zero-order valence-corrected chi connectivity index (χ0v) is 35.4. The van der Waals surface area contributed by atoms with Crippen LogP contribution in [0.15, 0.2) is 96.2 Å². The maximum Gasteiger partial charge on any atom is 0.269 e. The van der Waals surface area contributed by atoms with Crippen molar-refractivity contribution in [2.75, 3.05) is 19.8 Å². The number of hydrogen-bond acceptors (Lipinski definition) is 10. The van der Waals surface area contributed by atoms with Crippen LogP contribution in [0.4, 0.5) is 10.1 Å². The minimum atomic E-state index is -1.49. The van der Waals surface area contributed by atoms with Gasteiger partial charge in [-0.25, -0.2) is 4.39 Å². The molecule has 62 heavy (non-hydrogen) atoms. The Labute approximate surface area is 363 Å². The van der Waals surface area contributed by atoms with Crippen molar-refractivity contribution in [1.82, 2.24) is 4.90 Å². The number of amides is 1. The lowest BCUT2D eigenvalue weighted by Crippen LogP contribution is -2.70. The molecule has 3 aromatic rings. The number of non-ortho nitro benzene ring substituents is 1. The quantitative estimate of drug-likeness (QED) is 0.0410. The highest BCUT2D eigenvalue weighted by atomic mass is 19.1. The minimum absolute atomic E-state index is 0.00156. The molecule has 13 heteroatoms. The third-order valence-corrected chi connectivity index (χ3v) is 13.4. The molecular weight excluding hydrogens is 794 g/mol. The van der Waals surface area contributed by atoms with E-state index in [1.165, 1.54) is 24.3 Å². The van der Waals surface area contributed by atoms with Crippen molar-refractivity contribution < 1.29 is 43.7 Å². The predicted octanol–water partition coefficient (Wildman–Crippen LogP) is 9.27. The molecule has 2 fully saturated rings. The van der Waals surface area contributed by atoms with Crippen LogP contribution in [0.3, 0.4) is 0 Å². The zero-order chi connectivity index (χ0) is 43.6. The van der Waals surface area contributed by atoms with Crippen molar-refractivity contribution in [3.63, 3.8) is 0 Å². The van der Waals surface area contributed by atoms with Gasteiger partial charge in [0, 0.05) is 56.2 Å². The van der Waals surface area contributed by atoms with Crippen LogP contribution < -0.4 is 4.74 Å². The number of halogens is 1. The first kappa shape index (κ1) is 44.9. The fourth-order valence-electron chi connectivity index (χ4n) is 10.5. The topological polar surface area (TPSA) is 164 Å². The van der Waals surface area contributed by atoms with Gasteiger partial charge in [-0.3, -0.25) is 14.9 Å². The summed E-state index contributed by atoms with van der Waals surface area (Å²) in [6, 6.07) is 16.6. The second-order valence-corrected chi connectivity index (χ2v) is 17.3. The highest BCUT2D eigenvalue weighted by Crippen LogP contribution is 2.62. The molecule has 332 valence electrons. The summed E-state index contributed by atoms with van der Waals surface area (Å²) in [5.74, 6) is -1.76. The number of rotatable bonds is 21. The first-order valence-corrected chi connectivity index (χ1v) is 22.3. The smallest absolute Gasteiger partial charge is 0.269 e. The number of oxime groups is 1. The molecule has 0 saturated heterocycles. The zero-order valence-electron chi connectivity index (χ0n) is 35.4. The Hall–Kier alpha value is -5.11. The number of aliphatic hydroxyl groups excluding tert-OH is 2. The Kier molecular flexibility index (Phi) is 15.1. The van der Waals surface area contributed by atoms with Crippen molar-refractivity contribution in [3.05, 3.63) is 124 Å². The normalized spacial score (nSPS) is 24.7. The van der Waals surface area contributed by atoms with E-state index in [9.17, 15) is 29.8 Å². The molecule has 1 amide bonds. The number of carbonyl (C=O) groups excluding carboxylic acids is 1. The molecule has 1 aliphatic heterocycles. The highest BCUT2D eigenvalue weighted by Gasteiger charge is 2.65. The van der Waals surface area contributed by atoms with Gasteiger partial charge in [-0.1, -0.05) is 68.0 Å². The van der Waals surface area contributed by atoms with Crippen LogP contribution in [0.25, 0.3) is 0 Å². The SMILES string of the molecule is C=CCO[C@@]12Oc3ccc(O)cc3[C@H]3[C@H](CCCCO)[C@@H](CCCCO)C=C(C(=NOCc4ccc([N+](=O)[O-])cc4)C[C@@H]1N(Cc1ccc(F)cc1)C(=O)CCC1CCCC1)[C@H]32. The number of unbranched alkanes of at least 4 members (excludes halogenated alkanes) is 2. The molecule has 3 N–H and O–H groups in total. The van der Waals surface area contributed by atoms with Crippen molar-refractivity contribution in [3.8, 4) is 11.5 Å². The molecule has 12 nitrogen and oxygen atoms in total. The maximum atomic E-state index is 15.0. The summed E-state index contributed by atoms with van der Waals surface area (Å²) in [7, 11) is 0. The molecule has 0 bridgehead atoms. The van der Waals surface area contributed by atoms with Crippen LogP contribution in [0.1, 0.15) is 106 Å². The van der Waals surface area contributed by atoms with E-state index in [1.807, 2.05) is 4.90 Å². The lowest BCUT2D eigenvalue weighted by Gasteiger charge is -2.60. The summed E-state index contributed by atoms with van der Waals surface area (Å²) in [5, 5.41) is 47.0. The van der Waals surface area contributed by atoms with Gasteiger partial charge in [0.1, 0.15) is 30.0 Å². The molecule has 1 heterocycles. The lowest BCUT2D eigenvalue weighted by atomic mass is 9.55. The Morgan fingerprint density at radius 3 is 2.39 bits per heavy atom. The predicted molar refractivity (Wildman–Crippen MR) is 233 cm³/mol. The Bertz CT molecular complexity index is 2070. The van der Waals surface area contributed by atoms with E-state index >= 15 is 4.79 Å². The second kappa shape index (κ2) is 20.8. The lowest BCUT2D eigenvalue weighted by molar-refractivity contribution is -0.384. The van der Waals surface area contributed by atoms with Gasteiger partial charge in [-0.2, -0.15) is 0 Å². The molecule has 7 rings (SSSR count). The van der Waals surface area contributed by atoms with Crippen molar-refractivity contribution in [2.24, 2.45) is 28.8 Å². The summed E-state index contributed by atoms with van der Waals surface area (Å²) in [4.78, 5) is 33.9. The van der Waals surface area contributed by atoms with E-state index in [4.69, 9.17) is 19.5 Å². The van der Waals surface area contributed by atoms with E-state index in [2.05, 4.69) is 12.7 Å². The van der Waals surface area contributed by atoms with Gasteiger partial charge in [-0.15, -0.1) is 6.58 Å². The van der Waals surface area contributed by atoms with Gasteiger partial charge in [0.15, 0.2) is 0 Å². The fourth-order valence-corrected chi connectivity index (χ4v) is 10.5. The van der Waals surface area contributed by atoms with Gasteiger partial charge in [0.05, 0.1) is 23.2 Å². The van der Waals surface area contributed by atoms with E-state index < -0.39 is 22.7 Å². The Morgan fingerprint density at radius 2 is 1.69 bits per heavy atom. The Morgan fingerprint density at radius 1 is 0.984 bits per heavy atom. The summed E-state index contributed by atoms with van der Waals surface area (Å²) in [6.07, 6.45) is 13.9. The number of benzene rings is 3. The number of phenols is 1. The standard InChI is InChI=1S/C49H60FN3O9/c1-2-27-60-49-45(52(31-34-13-18-37(50)19-14-34)46(57)24-17-33-9-3-4-10-33)30-43(51-61-32-35-15-20-38(21-16-35)53(58)59)41-28-36(11-5-7-25-54)40(12-6-8-26-55)47(48(41)49)42-29-39(56)22-23-44(42)62-49/h2,13-16,18-23,28-29,33,36,40,45,47-48,54-56H,1,3-12,17,24-27,30-32H2/t36-,40+,45-,47+,48+,49+/m0/s1. The number of carbonyl (C=O) groups is 1. The van der Waals surface area contributed by atoms with Crippen LogP contribution in [0.2, 0.25) is 0 Å². The molecule has 3 aromatic carbocycles. The third-order valence-electron chi connectivity index (χ3n) is 13.4. The average molecular weight is 854 g/mol. The second-order valence-electron chi connectivity index (χ2n) is 17.3. The van der Waals surface area contributed by atoms with Gasteiger partial charge in [0.2, 0.25) is 11.7 Å². The molecule has 4 aliphatic rings. The average Bonchev–Trinajstić information content (AvgIpc) is 3.80. The number of hydrogen-bond donors (Lipinski definition) is 3. The molecule has 0 radical (unpaired) electrons. The molecule has 0 aromatic heterocycles. The first-order chi connectivity index (χ1) is 30.1. The number of aliphatic hydroxyl groups is 2. The largest absolute Gasteiger partial charge is 0.508 e. The minimum Gasteiger partial charge on any atom is -0.508 e. The number of fused-ring (bicyclic) bond motifs is 2. The van der Waals surface area contributed by atoms with E-state index in [-0.39, 0.29) is 80.3 Å². The van der Waals surface area contributed by atoms with E-state index in [1.54, 1.807) is 48.5 Å². The molecule has 0 unspecified atom stereocenters. The maximum absolute atomic E-state index is 15.0. The van der Waals surface area contributed by atoms with Gasteiger partial charge >= 0.3 is 0 Å². The number of nitro groups is 1. The van der Waals surface area contributed by atoms with Gasteiger partial charge < -0.3 is 34.5 Å². The summed E-state index contributed by atoms with van der Waals surface area (Å²) < 4.78 is 28.7.